The maximum absolute atomic E-state index is 11.8. The largest absolute Gasteiger partial charge is 0.289 e. The molecule has 0 aliphatic rings. The lowest BCUT2D eigenvalue weighted by Gasteiger charge is -2.04. The number of aryl methyl sites for hydroxylation is 1. The Hall–Kier alpha value is -1.66. The summed E-state index contributed by atoms with van der Waals surface area (Å²) in [4.78, 5) is 11.8. The molecule has 0 aliphatic carbocycles. The molecular weight excluding hydrogens is 265 g/mol. The van der Waals surface area contributed by atoms with Crippen molar-refractivity contribution in [1.29, 1.82) is 0 Å². The molecule has 0 bridgehead atoms. The standard InChI is InChI=1S/C9H6Cl2N5O/c1-16-9(13-14-15-16)12-8(17)6-3-2-5(10)4-7(6)11/h2-3H,1H3,(H,12,13,15,17). The van der Waals surface area contributed by atoms with Crippen LogP contribution in [-0.2, 0) is 7.05 Å². The van der Waals surface area contributed by atoms with Crippen LogP contribution >= 0.6 is 23.2 Å². The highest BCUT2D eigenvalue weighted by Gasteiger charge is 2.13. The molecule has 0 unspecified atom stereocenters. The first-order valence-electron chi connectivity index (χ1n) is 4.49. The Balaban J connectivity index is 2.23. The normalized spacial score (nSPS) is 10.3. The highest BCUT2D eigenvalue weighted by atomic mass is 35.5. The summed E-state index contributed by atoms with van der Waals surface area (Å²) < 4.78 is 1.32. The van der Waals surface area contributed by atoms with Gasteiger partial charge < -0.3 is 0 Å². The van der Waals surface area contributed by atoms with Gasteiger partial charge in [0.05, 0.1) is 15.6 Å². The number of halogens is 2. The van der Waals surface area contributed by atoms with Crippen LogP contribution in [-0.4, -0.2) is 26.1 Å². The molecule has 1 aromatic heterocycles. The van der Waals surface area contributed by atoms with Crippen LogP contribution in [0.25, 0.3) is 0 Å². The Morgan fingerprint density at radius 3 is 2.82 bits per heavy atom. The number of carbonyl (C=O) groups is 1. The van der Waals surface area contributed by atoms with E-state index in [1.54, 1.807) is 7.05 Å². The SMILES string of the molecule is Cn1nnnc1NC(=O)c1ccc(Cl)[c]c1Cl. The number of carbonyl (C=O) groups excluding carboxylic acids is 1. The molecule has 0 saturated heterocycles. The van der Waals surface area contributed by atoms with Crippen LogP contribution in [0.15, 0.2) is 12.1 Å². The minimum absolute atomic E-state index is 0.144. The van der Waals surface area contributed by atoms with Crippen molar-refractivity contribution in [2.24, 2.45) is 7.05 Å². The van der Waals surface area contributed by atoms with Crippen LogP contribution < -0.4 is 5.32 Å². The fourth-order valence-electron chi connectivity index (χ4n) is 1.12. The molecule has 1 aromatic carbocycles. The number of nitrogens with one attached hydrogen (secondary N) is 1. The van der Waals surface area contributed by atoms with Crippen molar-refractivity contribution < 1.29 is 4.79 Å². The first-order chi connectivity index (χ1) is 8.08. The van der Waals surface area contributed by atoms with Gasteiger partial charge in [-0.15, -0.1) is 0 Å². The van der Waals surface area contributed by atoms with Gasteiger partial charge in [0.25, 0.3) is 5.91 Å². The Kier molecular flexibility index (Phi) is 3.26. The molecular formula is C9H6Cl2N5O. The molecule has 8 heteroatoms. The summed E-state index contributed by atoms with van der Waals surface area (Å²) in [5.41, 5.74) is 0.249. The van der Waals surface area contributed by atoms with Crippen molar-refractivity contribution in [3.63, 3.8) is 0 Å². The molecule has 0 saturated carbocycles. The lowest BCUT2D eigenvalue weighted by Crippen LogP contribution is -2.15. The Morgan fingerprint density at radius 2 is 2.24 bits per heavy atom. The van der Waals surface area contributed by atoms with E-state index in [1.165, 1.54) is 16.8 Å². The summed E-state index contributed by atoms with van der Waals surface area (Å²) in [6.07, 6.45) is 0. The molecule has 2 rings (SSSR count). The van der Waals surface area contributed by atoms with E-state index in [-0.39, 0.29) is 16.5 Å². The molecule has 1 radical (unpaired) electrons. The minimum atomic E-state index is -0.430. The van der Waals surface area contributed by atoms with Crippen molar-refractivity contribution in [3.8, 4) is 0 Å². The summed E-state index contributed by atoms with van der Waals surface area (Å²) in [5.74, 6) is -0.207. The van der Waals surface area contributed by atoms with E-state index in [4.69, 9.17) is 23.2 Å². The monoisotopic (exact) mass is 270 g/mol. The molecule has 1 heterocycles. The topological polar surface area (TPSA) is 72.7 Å². The predicted molar refractivity (Wildman–Crippen MR) is 62.0 cm³/mol. The van der Waals surface area contributed by atoms with E-state index in [1.807, 2.05) is 0 Å². The summed E-state index contributed by atoms with van der Waals surface area (Å²) >= 11 is 11.5. The molecule has 0 atom stereocenters. The van der Waals surface area contributed by atoms with Crippen molar-refractivity contribution in [2.75, 3.05) is 5.32 Å². The van der Waals surface area contributed by atoms with Crippen LogP contribution in [0.3, 0.4) is 0 Å². The second-order valence-electron chi connectivity index (χ2n) is 3.11. The van der Waals surface area contributed by atoms with Crippen LogP contribution in [0, 0.1) is 6.07 Å². The Labute approximate surface area is 107 Å². The summed E-state index contributed by atoms with van der Waals surface area (Å²) in [6.45, 7) is 0. The number of amides is 1. The van der Waals surface area contributed by atoms with Gasteiger partial charge in [-0.1, -0.05) is 28.3 Å². The third kappa shape index (κ3) is 2.54. The number of rotatable bonds is 2. The van der Waals surface area contributed by atoms with Gasteiger partial charge in [-0.25, -0.2) is 4.68 Å². The average Bonchev–Trinajstić information content (AvgIpc) is 2.64. The number of tetrazole rings is 1. The Bertz CT molecular complexity index is 568. The smallest absolute Gasteiger partial charge is 0.259 e. The van der Waals surface area contributed by atoms with Crippen molar-refractivity contribution in [1.82, 2.24) is 20.2 Å². The zero-order valence-electron chi connectivity index (χ0n) is 8.61. The van der Waals surface area contributed by atoms with Gasteiger partial charge in [-0.2, -0.15) is 0 Å². The van der Waals surface area contributed by atoms with Crippen LogP contribution in [0.5, 0.6) is 0 Å². The number of aromatic nitrogens is 4. The zero-order chi connectivity index (χ0) is 12.4. The predicted octanol–water partition coefficient (Wildman–Crippen LogP) is 1.57. The second-order valence-corrected chi connectivity index (χ2v) is 3.90. The zero-order valence-corrected chi connectivity index (χ0v) is 10.1. The molecule has 0 fully saturated rings. The Morgan fingerprint density at radius 1 is 1.47 bits per heavy atom. The van der Waals surface area contributed by atoms with Gasteiger partial charge in [0.15, 0.2) is 0 Å². The average molecular weight is 271 g/mol. The quantitative estimate of drug-likeness (QED) is 0.899. The molecule has 2 aromatic rings. The number of hydrogen-bond donors (Lipinski definition) is 1. The molecule has 17 heavy (non-hydrogen) atoms. The summed E-state index contributed by atoms with van der Waals surface area (Å²) in [6, 6.07) is 5.65. The maximum Gasteiger partial charge on any atom is 0.259 e. The summed E-state index contributed by atoms with van der Waals surface area (Å²) in [7, 11) is 1.60. The number of nitrogens with zero attached hydrogens (tertiary/aromatic N) is 4. The van der Waals surface area contributed by atoms with E-state index in [0.717, 1.165) is 0 Å². The minimum Gasteiger partial charge on any atom is -0.289 e. The molecule has 87 valence electrons. The lowest BCUT2D eigenvalue weighted by molar-refractivity contribution is 0.102. The van der Waals surface area contributed by atoms with Crippen LogP contribution in [0.1, 0.15) is 10.4 Å². The number of hydrogen-bond acceptors (Lipinski definition) is 4. The van der Waals surface area contributed by atoms with Gasteiger partial charge in [0.1, 0.15) is 0 Å². The van der Waals surface area contributed by atoms with E-state index < -0.39 is 5.91 Å². The fraction of sp³-hybridized carbons (Fsp3) is 0.111. The highest BCUT2D eigenvalue weighted by molar-refractivity contribution is 6.36. The lowest BCUT2D eigenvalue weighted by atomic mass is 10.2. The molecule has 6 nitrogen and oxygen atoms in total. The number of anilines is 1. The van der Waals surface area contributed by atoms with E-state index in [2.05, 4.69) is 26.9 Å². The van der Waals surface area contributed by atoms with Crippen molar-refractivity contribution in [2.45, 2.75) is 0 Å². The van der Waals surface area contributed by atoms with Gasteiger partial charge in [-0.05, 0) is 22.6 Å². The molecule has 0 spiro atoms. The second kappa shape index (κ2) is 4.68. The van der Waals surface area contributed by atoms with Crippen molar-refractivity contribution >= 4 is 35.1 Å². The van der Waals surface area contributed by atoms with Gasteiger partial charge in [-0.3, -0.25) is 10.1 Å². The van der Waals surface area contributed by atoms with Gasteiger partial charge in [0.2, 0.25) is 5.95 Å². The van der Waals surface area contributed by atoms with E-state index >= 15 is 0 Å². The number of benzene rings is 1. The van der Waals surface area contributed by atoms with Crippen LogP contribution in [0.4, 0.5) is 5.95 Å². The van der Waals surface area contributed by atoms with Crippen molar-refractivity contribution in [3.05, 3.63) is 33.8 Å². The summed E-state index contributed by atoms with van der Waals surface area (Å²) in [5, 5.41) is 13.6. The molecule has 0 aliphatic heterocycles. The molecule has 1 N–H and O–H groups in total. The maximum atomic E-state index is 11.8. The molecule has 1 amide bonds. The van der Waals surface area contributed by atoms with Gasteiger partial charge >= 0.3 is 0 Å². The fourth-order valence-corrected chi connectivity index (χ4v) is 1.58. The highest BCUT2D eigenvalue weighted by Crippen LogP contribution is 2.20. The third-order valence-electron chi connectivity index (χ3n) is 1.95. The first kappa shape index (κ1) is 11.8. The first-order valence-corrected chi connectivity index (χ1v) is 5.24. The third-order valence-corrected chi connectivity index (χ3v) is 2.47. The van der Waals surface area contributed by atoms with E-state index in [0.29, 0.717) is 5.02 Å². The van der Waals surface area contributed by atoms with Gasteiger partial charge in [0, 0.05) is 13.1 Å². The van der Waals surface area contributed by atoms with E-state index in [9.17, 15) is 4.79 Å². The van der Waals surface area contributed by atoms with Crippen LogP contribution in [0.2, 0.25) is 10.0 Å².